The van der Waals surface area contributed by atoms with E-state index in [2.05, 4.69) is 15.7 Å². The van der Waals surface area contributed by atoms with Crippen molar-refractivity contribution in [2.24, 2.45) is 0 Å². The Kier molecular flexibility index (Phi) is 7.24. The third-order valence-corrected chi connectivity index (χ3v) is 8.55. The molecule has 37 heavy (non-hydrogen) atoms. The van der Waals surface area contributed by atoms with Crippen molar-refractivity contribution in [2.45, 2.75) is 24.9 Å². The summed E-state index contributed by atoms with van der Waals surface area (Å²) in [6, 6.07) is 12.6. The number of ether oxygens (including phenoxy) is 1. The van der Waals surface area contributed by atoms with E-state index in [0.29, 0.717) is 49.6 Å². The number of morpholine rings is 1. The highest BCUT2D eigenvalue weighted by Crippen LogP contribution is 2.33. The second-order valence-electron chi connectivity index (χ2n) is 9.35. The molecule has 0 unspecified atom stereocenters. The first-order valence-electron chi connectivity index (χ1n) is 12.2. The van der Waals surface area contributed by atoms with Crippen LogP contribution in [0.5, 0.6) is 0 Å². The number of benzene rings is 2. The van der Waals surface area contributed by atoms with E-state index in [4.69, 9.17) is 10.00 Å². The van der Waals surface area contributed by atoms with Gasteiger partial charge in [-0.1, -0.05) is 12.1 Å². The lowest BCUT2D eigenvalue weighted by Gasteiger charge is -2.23. The van der Waals surface area contributed by atoms with Gasteiger partial charge in [-0.3, -0.25) is 0 Å². The fourth-order valence-corrected chi connectivity index (χ4v) is 6.25. The molecule has 194 valence electrons. The number of nitriles is 1. The monoisotopic (exact) mass is 527 g/mol. The van der Waals surface area contributed by atoms with Crippen LogP contribution in [0.1, 0.15) is 29.9 Å². The molecule has 0 aliphatic carbocycles. The van der Waals surface area contributed by atoms with Gasteiger partial charge in [0, 0.05) is 31.3 Å². The topological polar surface area (TPSA) is 109 Å². The molecular formula is C26H27F2N5O3S. The van der Waals surface area contributed by atoms with Crippen LogP contribution >= 0.6 is 0 Å². The second-order valence-corrected chi connectivity index (χ2v) is 11.7. The number of aromatic nitrogens is 2. The van der Waals surface area contributed by atoms with Gasteiger partial charge in [0.15, 0.2) is 0 Å². The molecule has 3 heterocycles. The Balaban J connectivity index is 1.47. The van der Waals surface area contributed by atoms with E-state index in [9.17, 15) is 12.8 Å². The Labute approximate surface area is 214 Å². The Morgan fingerprint density at radius 1 is 1.14 bits per heavy atom. The van der Waals surface area contributed by atoms with Gasteiger partial charge in [-0.05, 0) is 48.6 Å². The molecule has 0 amide bonds. The van der Waals surface area contributed by atoms with Crippen LogP contribution in [0.3, 0.4) is 0 Å². The van der Waals surface area contributed by atoms with Crippen LogP contribution in [-0.2, 0) is 14.6 Å². The highest BCUT2D eigenvalue weighted by Gasteiger charge is 2.26. The molecule has 2 aromatic carbocycles. The zero-order valence-electron chi connectivity index (χ0n) is 20.1. The highest BCUT2D eigenvalue weighted by molar-refractivity contribution is 7.91. The molecular weight excluding hydrogens is 500 g/mol. The maximum Gasteiger partial charge on any atom is 0.150 e. The van der Waals surface area contributed by atoms with Gasteiger partial charge in [-0.25, -0.2) is 21.9 Å². The largest absolute Gasteiger partial charge is 0.374 e. The first-order chi connectivity index (χ1) is 17.8. The van der Waals surface area contributed by atoms with Gasteiger partial charge in [0.1, 0.15) is 39.0 Å². The highest BCUT2D eigenvalue weighted by atomic mass is 32.2. The standard InChI is InChI=1S/C26H27F2N5O3S/c27-22-12-19(1-2-20(22)14-29)25-13-26(31-16-21-15-30-7-8-36-21)32-33(25)24-4-3-18(11-23(24)28)17-5-9-37(34,35)10-6-17/h1-4,11-13,17,21,30H,5-10,15-16H2,(H,31,32)/t21-/m1/s1. The summed E-state index contributed by atoms with van der Waals surface area (Å²) in [4.78, 5) is 0. The van der Waals surface area contributed by atoms with E-state index in [0.717, 1.165) is 12.1 Å². The molecule has 1 aromatic heterocycles. The van der Waals surface area contributed by atoms with Crippen LogP contribution in [0.4, 0.5) is 14.6 Å². The van der Waals surface area contributed by atoms with Gasteiger partial charge in [-0.15, -0.1) is 5.10 Å². The Morgan fingerprint density at radius 3 is 2.62 bits per heavy atom. The molecule has 2 saturated heterocycles. The number of hydrogen-bond acceptors (Lipinski definition) is 7. The summed E-state index contributed by atoms with van der Waals surface area (Å²) in [5.74, 6) is -0.552. The average molecular weight is 528 g/mol. The Morgan fingerprint density at radius 2 is 1.95 bits per heavy atom. The van der Waals surface area contributed by atoms with Crippen molar-refractivity contribution in [1.82, 2.24) is 15.1 Å². The fourth-order valence-electron chi connectivity index (χ4n) is 4.76. The Hall–Kier alpha value is -3.33. The molecule has 3 aromatic rings. The van der Waals surface area contributed by atoms with E-state index in [1.807, 2.05) is 0 Å². The number of hydrogen-bond donors (Lipinski definition) is 2. The number of anilines is 1. The fraction of sp³-hybridized carbons (Fsp3) is 0.385. The SMILES string of the molecule is N#Cc1ccc(-c2cc(NC[C@H]3CNCCO3)nn2-c2ccc(C3CCS(=O)(=O)CC3)cc2F)cc1F. The van der Waals surface area contributed by atoms with Crippen molar-refractivity contribution in [1.29, 1.82) is 5.26 Å². The predicted molar refractivity (Wildman–Crippen MR) is 135 cm³/mol. The second kappa shape index (κ2) is 10.6. The van der Waals surface area contributed by atoms with Crippen molar-refractivity contribution in [3.63, 3.8) is 0 Å². The van der Waals surface area contributed by atoms with Crippen LogP contribution in [0.2, 0.25) is 0 Å². The molecule has 8 nitrogen and oxygen atoms in total. The van der Waals surface area contributed by atoms with Crippen LogP contribution in [0.15, 0.2) is 42.5 Å². The lowest BCUT2D eigenvalue weighted by atomic mass is 9.93. The van der Waals surface area contributed by atoms with E-state index in [1.165, 1.54) is 22.9 Å². The maximum absolute atomic E-state index is 15.5. The number of sulfone groups is 1. The molecule has 2 aliphatic heterocycles. The zero-order valence-corrected chi connectivity index (χ0v) is 20.9. The van der Waals surface area contributed by atoms with Gasteiger partial charge in [0.25, 0.3) is 0 Å². The van der Waals surface area contributed by atoms with E-state index >= 15 is 4.39 Å². The minimum atomic E-state index is -3.02. The number of nitrogens with zero attached hydrogens (tertiary/aromatic N) is 3. The van der Waals surface area contributed by atoms with Gasteiger partial charge < -0.3 is 15.4 Å². The summed E-state index contributed by atoms with van der Waals surface area (Å²) >= 11 is 0. The number of nitrogens with one attached hydrogen (secondary N) is 2. The lowest BCUT2D eigenvalue weighted by molar-refractivity contribution is 0.0372. The summed E-state index contributed by atoms with van der Waals surface area (Å²) in [6.45, 7) is 2.59. The lowest BCUT2D eigenvalue weighted by Crippen LogP contribution is -2.42. The van der Waals surface area contributed by atoms with Gasteiger partial charge in [-0.2, -0.15) is 5.26 Å². The van der Waals surface area contributed by atoms with E-state index < -0.39 is 21.5 Å². The predicted octanol–water partition coefficient (Wildman–Crippen LogP) is 3.38. The molecule has 11 heteroatoms. The summed E-state index contributed by atoms with van der Waals surface area (Å²) in [7, 11) is -3.02. The third-order valence-electron chi connectivity index (χ3n) is 6.84. The minimum absolute atomic E-state index is 0.0295. The van der Waals surface area contributed by atoms with Crippen LogP contribution in [-0.4, -0.2) is 62.0 Å². The van der Waals surface area contributed by atoms with Crippen molar-refractivity contribution in [2.75, 3.05) is 43.1 Å². The molecule has 1 atom stereocenters. The molecule has 5 rings (SSSR count). The van der Waals surface area contributed by atoms with Gasteiger partial charge >= 0.3 is 0 Å². The summed E-state index contributed by atoms with van der Waals surface area (Å²) in [5, 5.41) is 20.1. The molecule has 0 saturated carbocycles. The van der Waals surface area contributed by atoms with Crippen LogP contribution < -0.4 is 10.6 Å². The first-order valence-corrected chi connectivity index (χ1v) is 14.0. The molecule has 2 N–H and O–H groups in total. The van der Waals surface area contributed by atoms with Crippen molar-refractivity contribution >= 4 is 15.7 Å². The average Bonchev–Trinajstić information content (AvgIpc) is 3.32. The number of rotatable bonds is 6. The van der Waals surface area contributed by atoms with Gasteiger partial charge in [0.2, 0.25) is 0 Å². The smallest absolute Gasteiger partial charge is 0.150 e. The molecule has 0 radical (unpaired) electrons. The van der Waals surface area contributed by atoms with Crippen molar-refractivity contribution in [3.05, 3.63) is 65.2 Å². The molecule has 2 fully saturated rings. The molecule has 0 bridgehead atoms. The normalized spacial score (nSPS) is 19.9. The summed E-state index contributed by atoms with van der Waals surface area (Å²) in [5.41, 5.74) is 1.72. The van der Waals surface area contributed by atoms with Crippen molar-refractivity contribution in [3.8, 4) is 23.0 Å². The van der Waals surface area contributed by atoms with Crippen LogP contribution in [0.25, 0.3) is 16.9 Å². The maximum atomic E-state index is 15.5. The number of halogens is 2. The van der Waals surface area contributed by atoms with Crippen molar-refractivity contribution < 1.29 is 21.9 Å². The third kappa shape index (κ3) is 5.66. The Bertz CT molecular complexity index is 1430. The summed E-state index contributed by atoms with van der Waals surface area (Å²) in [6.07, 6.45) is 0.875. The summed E-state index contributed by atoms with van der Waals surface area (Å²) < 4.78 is 60.6. The van der Waals surface area contributed by atoms with Gasteiger partial charge in [0.05, 0.1) is 35.5 Å². The molecule has 2 aliphatic rings. The quantitative estimate of drug-likeness (QED) is 0.506. The first kappa shape index (κ1) is 25.3. The van der Waals surface area contributed by atoms with E-state index in [-0.39, 0.29) is 34.8 Å². The molecule has 0 spiro atoms. The minimum Gasteiger partial charge on any atom is -0.374 e. The van der Waals surface area contributed by atoms with Crippen LogP contribution in [0, 0.1) is 23.0 Å². The van der Waals surface area contributed by atoms with E-state index in [1.54, 1.807) is 30.3 Å². The zero-order chi connectivity index (χ0) is 26.0.